The summed E-state index contributed by atoms with van der Waals surface area (Å²) in [5, 5.41) is 0. The number of hydroxylamine groups is 1. The molecule has 0 atom stereocenters. The monoisotopic (exact) mass is 419 g/mol. The van der Waals surface area contributed by atoms with Gasteiger partial charge in [0.2, 0.25) is 0 Å². The molecule has 0 aliphatic carbocycles. The number of ether oxygens (including phenoxy) is 1. The van der Waals surface area contributed by atoms with Crippen molar-refractivity contribution >= 4 is 16.0 Å². The number of hydrogen-bond acceptors (Lipinski definition) is 5. The minimum atomic E-state index is -3.97. The zero-order chi connectivity index (χ0) is 21.8. The van der Waals surface area contributed by atoms with Crippen LogP contribution < -0.4 is 4.84 Å². The molecule has 0 saturated carbocycles. The summed E-state index contributed by atoms with van der Waals surface area (Å²) in [5.41, 5.74) is 2.06. The highest BCUT2D eigenvalue weighted by atomic mass is 32.2. The van der Waals surface area contributed by atoms with Crippen molar-refractivity contribution in [3.63, 3.8) is 0 Å². The largest absolute Gasteiger partial charge is 0.465 e. The molecule has 0 unspecified atom stereocenters. The fraction of sp³-hybridized carbons (Fsp3) is 0.409. The highest BCUT2D eigenvalue weighted by Crippen LogP contribution is 2.26. The fourth-order valence-electron chi connectivity index (χ4n) is 2.86. The average molecular weight is 420 g/mol. The Morgan fingerprint density at radius 2 is 1.66 bits per heavy atom. The molecule has 7 heteroatoms. The topological polar surface area (TPSA) is 72.9 Å². The molecule has 0 heterocycles. The van der Waals surface area contributed by atoms with Crippen LogP contribution >= 0.6 is 0 Å². The Labute approximate surface area is 173 Å². The van der Waals surface area contributed by atoms with Crippen LogP contribution in [-0.4, -0.2) is 32.5 Å². The summed E-state index contributed by atoms with van der Waals surface area (Å²) < 4.78 is 31.9. The van der Waals surface area contributed by atoms with Crippen LogP contribution in [0.15, 0.2) is 47.4 Å². The van der Waals surface area contributed by atoms with Gasteiger partial charge in [-0.05, 0) is 58.6 Å². The number of hydrogen-bond donors (Lipinski definition) is 0. The predicted molar refractivity (Wildman–Crippen MR) is 112 cm³/mol. The molecular weight excluding hydrogens is 390 g/mol. The predicted octanol–water partition coefficient (Wildman–Crippen LogP) is 4.34. The molecule has 0 amide bonds. The van der Waals surface area contributed by atoms with Gasteiger partial charge in [-0.2, -0.15) is 0 Å². The molecule has 0 radical (unpaired) electrons. The van der Waals surface area contributed by atoms with E-state index < -0.39 is 16.0 Å². The van der Waals surface area contributed by atoms with Gasteiger partial charge in [0.05, 0.1) is 17.6 Å². The Balaban J connectivity index is 2.36. The van der Waals surface area contributed by atoms with Gasteiger partial charge in [-0.25, -0.2) is 13.2 Å². The first-order valence-electron chi connectivity index (χ1n) is 9.57. The molecule has 6 nitrogen and oxygen atoms in total. The second-order valence-electron chi connectivity index (χ2n) is 7.65. The zero-order valence-corrected chi connectivity index (χ0v) is 18.7. The number of carbonyl (C=O) groups is 1. The van der Waals surface area contributed by atoms with Gasteiger partial charge < -0.3 is 9.57 Å². The van der Waals surface area contributed by atoms with Crippen molar-refractivity contribution in [3.8, 4) is 5.75 Å². The van der Waals surface area contributed by atoms with Crippen molar-refractivity contribution in [2.24, 2.45) is 0 Å². The molecular formula is C22H29NO5S. The van der Waals surface area contributed by atoms with E-state index in [1.54, 1.807) is 25.1 Å². The third-order valence-electron chi connectivity index (χ3n) is 4.62. The lowest BCUT2D eigenvalue weighted by Crippen LogP contribution is -2.34. The molecule has 0 bridgehead atoms. The number of carbonyl (C=O) groups excluding carboxylic acids is 1. The first-order valence-corrected chi connectivity index (χ1v) is 11.0. The highest BCUT2D eigenvalue weighted by Gasteiger charge is 2.27. The van der Waals surface area contributed by atoms with Crippen molar-refractivity contribution < 1.29 is 22.8 Å². The normalized spacial score (nSPS) is 12.1. The summed E-state index contributed by atoms with van der Waals surface area (Å²) >= 11 is 0. The Hall–Kier alpha value is -2.38. The van der Waals surface area contributed by atoms with E-state index in [0.717, 1.165) is 15.6 Å². The molecule has 158 valence electrons. The Morgan fingerprint density at radius 3 is 2.14 bits per heavy atom. The van der Waals surface area contributed by atoms with E-state index >= 15 is 0 Å². The van der Waals surface area contributed by atoms with Gasteiger partial charge >= 0.3 is 5.97 Å². The maximum atomic E-state index is 13.1. The molecule has 2 rings (SSSR count). The van der Waals surface area contributed by atoms with Gasteiger partial charge in [-0.15, -0.1) is 0 Å². The molecule has 0 saturated heterocycles. The van der Waals surface area contributed by atoms with Crippen molar-refractivity contribution in [2.45, 2.75) is 51.3 Å². The Bertz CT molecular complexity index is 960. The second kappa shape index (κ2) is 8.97. The minimum Gasteiger partial charge on any atom is -0.465 e. The van der Waals surface area contributed by atoms with E-state index in [4.69, 9.17) is 9.57 Å². The van der Waals surface area contributed by atoms with E-state index in [2.05, 4.69) is 20.8 Å². The van der Waals surface area contributed by atoms with Crippen LogP contribution in [-0.2, 0) is 26.6 Å². The summed E-state index contributed by atoms with van der Waals surface area (Å²) in [7, 11) is -2.70. The van der Waals surface area contributed by atoms with Crippen molar-refractivity contribution in [2.75, 3.05) is 13.7 Å². The molecule has 0 spiro atoms. The maximum Gasteiger partial charge on any atom is 0.338 e. The van der Waals surface area contributed by atoms with Crippen LogP contribution in [0.4, 0.5) is 0 Å². The Morgan fingerprint density at radius 1 is 1.03 bits per heavy atom. The van der Waals surface area contributed by atoms with Gasteiger partial charge in [0.15, 0.2) is 0 Å². The fourth-order valence-corrected chi connectivity index (χ4v) is 4.12. The van der Waals surface area contributed by atoms with E-state index in [9.17, 15) is 13.2 Å². The van der Waals surface area contributed by atoms with Gasteiger partial charge in [-0.1, -0.05) is 45.9 Å². The van der Waals surface area contributed by atoms with Gasteiger partial charge in [0.25, 0.3) is 10.0 Å². The van der Waals surface area contributed by atoms with Gasteiger partial charge in [0.1, 0.15) is 5.75 Å². The van der Waals surface area contributed by atoms with Gasteiger partial charge in [0, 0.05) is 6.54 Å². The summed E-state index contributed by atoms with van der Waals surface area (Å²) in [6.45, 7) is 9.98. The number of benzene rings is 2. The van der Waals surface area contributed by atoms with Crippen LogP contribution in [0.3, 0.4) is 0 Å². The van der Waals surface area contributed by atoms with Crippen LogP contribution in [0, 0.1) is 0 Å². The van der Waals surface area contributed by atoms with Gasteiger partial charge in [-0.3, -0.25) is 0 Å². The summed E-state index contributed by atoms with van der Waals surface area (Å²) in [6, 6.07) is 11.8. The average Bonchev–Trinajstić information content (AvgIpc) is 2.70. The third-order valence-corrected chi connectivity index (χ3v) is 6.34. The van der Waals surface area contributed by atoms with Crippen molar-refractivity contribution in [1.29, 1.82) is 0 Å². The maximum absolute atomic E-state index is 13.1. The molecule has 2 aromatic carbocycles. The van der Waals surface area contributed by atoms with E-state index in [1.165, 1.54) is 19.2 Å². The molecule has 0 N–H and O–H groups in total. The zero-order valence-electron chi connectivity index (χ0n) is 17.9. The molecule has 2 aromatic rings. The van der Waals surface area contributed by atoms with Crippen LogP contribution in [0.1, 0.15) is 56.1 Å². The van der Waals surface area contributed by atoms with Crippen LogP contribution in [0.25, 0.3) is 0 Å². The number of rotatable bonds is 7. The number of sulfonamides is 1. The summed E-state index contributed by atoms with van der Waals surface area (Å²) in [6.07, 6.45) is 0.582. The summed E-state index contributed by atoms with van der Waals surface area (Å²) in [4.78, 5) is 17.7. The Kier molecular flexibility index (Phi) is 7.08. The van der Waals surface area contributed by atoms with E-state index in [-0.39, 0.29) is 22.4 Å². The standard InChI is InChI=1S/C22H29NO5S/c1-7-16-9-14-19(15-20(16)21(24)27-6)29(25,26)23(8-2)28-18-12-10-17(11-13-18)22(3,4)5/h9-15H,7-8H2,1-6H3. The number of methoxy groups -OCH3 is 1. The first-order chi connectivity index (χ1) is 13.5. The smallest absolute Gasteiger partial charge is 0.338 e. The second-order valence-corrected chi connectivity index (χ2v) is 9.48. The molecule has 0 aromatic heterocycles. The van der Waals surface area contributed by atoms with Crippen LogP contribution in [0.5, 0.6) is 5.75 Å². The van der Waals surface area contributed by atoms with Crippen molar-refractivity contribution in [3.05, 3.63) is 59.2 Å². The minimum absolute atomic E-state index is 0.0135. The quantitative estimate of drug-likeness (QED) is 0.493. The number of aryl methyl sites for hydroxylation is 1. The molecule has 0 aliphatic rings. The molecule has 29 heavy (non-hydrogen) atoms. The van der Waals surface area contributed by atoms with E-state index in [0.29, 0.717) is 12.2 Å². The lowest BCUT2D eigenvalue weighted by Gasteiger charge is -2.22. The van der Waals surface area contributed by atoms with Crippen molar-refractivity contribution in [1.82, 2.24) is 4.47 Å². The lowest BCUT2D eigenvalue weighted by molar-refractivity contribution is 0.0415. The number of nitrogens with zero attached hydrogens (tertiary/aromatic N) is 1. The van der Waals surface area contributed by atoms with E-state index in [1.807, 2.05) is 19.1 Å². The van der Waals surface area contributed by atoms with Crippen LogP contribution in [0.2, 0.25) is 0 Å². The third kappa shape index (κ3) is 5.16. The first kappa shape index (κ1) is 22.9. The lowest BCUT2D eigenvalue weighted by atomic mass is 9.87. The molecule has 0 aliphatic heterocycles. The summed E-state index contributed by atoms with van der Waals surface area (Å²) in [5.74, 6) is -0.151. The highest BCUT2D eigenvalue weighted by molar-refractivity contribution is 7.89. The molecule has 0 fully saturated rings. The SMILES string of the molecule is CCc1ccc(S(=O)(=O)N(CC)Oc2ccc(C(C)(C)C)cc2)cc1C(=O)OC. The number of esters is 1.